The zero-order valence-electron chi connectivity index (χ0n) is 76.3. The predicted molar refractivity (Wildman–Crippen MR) is 557 cm³/mol. The quantitative estimate of drug-likeness (QED) is 0.0698. The number of hydrogen-bond acceptors (Lipinski definition) is 16. The van der Waals surface area contributed by atoms with Crippen LogP contribution in [0.25, 0.3) is 88.1 Å². The van der Waals surface area contributed by atoms with Gasteiger partial charge in [0.25, 0.3) is 23.6 Å². The third kappa shape index (κ3) is 21.7. The highest BCUT2D eigenvalue weighted by Crippen LogP contribution is 2.40. The van der Waals surface area contributed by atoms with Crippen LogP contribution < -0.4 is 38.5 Å². The van der Waals surface area contributed by atoms with Crippen LogP contribution in [0, 0.1) is 33.5 Å². The Labute approximate surface area is 816 Å². The van der Waals surface area contributed by atoms with Gasteiger partial charge in [-0.3, -0.25) is 56.3 Å². The summed E-state index contributed by atoms with van der Waals surface area (Å²) >= 11 is 12.9. The zero-order valence-corrected chi connectivity index (χ0v) is 81.1. The molecule has 4 aliphatic heterocycles. The molecule has 20 rings (SSSR count). The van der Waals surface area contributed by atoms with E-state index in [9.17, 15) is 57.2 Å². The topological polar surface area (TPSA) is 317 Å². The Morgan fingerprint density at radius 1 is 0.288 bits per heavy atom. The molecule has 4 amide bonds. The summed E-state index contributed by atoms with van der Waals surface area (Å²) in [5.74, 6) is -1.83. The van der Waals surface area contributed by atoms with Crippen molar-refractivity contribution in [3.8, 4) is 45.0 Å². The van der Waals surface area contributed by atoms with Crippen molar-refractivity contribution in [2.45, 2.75) is 79.1 Å². The maximum absolute atomic E-state index is 14.9. The van der Waals surface area contributed by atoms with E-state index in [4.69, 9.17) is 23.2 Å². The Kier molecular flexibility index (Phi) is 28.8. The smallest absolute Gasteiger partial charge is 0.258 e. The molecule has 4 aromatic heterocycles. The second kappa shape index (κ2) is 41.5. The van der Waals surface area contributed by atoms with Crippen molar-refractivity contribution in [2.75, 3.05) is 87.7 Å². The Morgan fingerprint density at radius 2 is 0.590 bits per heavy atom. The molecule has 4 saturated heterocycles. The third-order valence-electron chi connectivity index (χ3n) is 25.0. The van der Waals surface area contributed by atoms with Crippen LogP contribution in [0.2, 0.25) is 10.0 Å². The molecular formula is C108H97Cl2FN12O12S4. The van der Waals surface area contributed by atoms with E-state index >= 15 is 0 Å². The summed E-state index contributed by atoms with van der Waals surface area (Å²) in [4.78, 5) is 70.3. The fourth-order valence-electron chi connectivity index (χ4n) is 17.6. The Bertz CT molecular complexity index is 7430. The fourth-order valence-corrected chi connectivity index (χ4v) is 24.6. The lowest BCUT2D eigenvalue weighted by molar-refractivity contribution is 0.101. The number of amides is 4. The highest BCUT2D eigenvalue weighted by atomic mass is 35.5. The first-order valence-electron chi connectivity index (χ1n) is 45.5. The second-order valence-electron chi connectivity index (χ2n) is 34.4. The van der Waals surface area contributed by atoms with Gasteiger partial charge in [0.15, 0.2) is 0 Å². The van der Waals surface area contributed by atoms with Crippen LogP contribution in [0.15, 0.2) is 298 Å². The number of hydrogen-bond donors (Lipinski definition) is 4. The summed E-state index contributed by atoms with van der Waals surface area (Å²) in [6.45, 7) is 9.47. The van der Waals surface area contributed by atoms with Crippen LogP contribution in [0.5, 0.6) is 0 Å². The average molecular weight is 1970 g/mol. The number of aryl methyl sites for hydroxylation is 4. The number of nitrogens with one attached hydrogen (secondary N) is 4. The molecule has 139 heavy (non-hydrogen) atoms. The first-order valence-corrected chi connectivity index (χ1v) is 52.7. The molecule has 4 fully saturated rings. The van der Waals surface area contributed by atoms with Gasteiger partial charge >= 0.3 is 0 Å². The molecule has 12 aromatic carbocycles. The Balaban J connectivity index is 0.000000128. The van der Waals surface area contributed by atoms with Gasteiger partial charge < -0.3 is 21.3 Å². The van der Waals surface area contributed by atoms with Gasteiger partial charge in [-0.1, -0.05) is 138 Å². The molecule has 4 aliphatic rings. The molecule has 0 saturated carbocycles. The number of halogens is 3. The van der Waals surface area contributed by atoms with Crippen molar-refractivity contribution in [3.05, 3.63) is 358 Å². The van der Waals surface area contributed by atoms with Crippen LogP contribution in [0.3, 0.4) is 0 Å². The lowest BCUT2D eigenvalue weighted by Crippen LogP contribution is -2.37. The van der Waals surface area contributed by atoms with Crippen molar-refractivity contribution in [1.29, 1.82) is 0 Å². The molecule has 16 aromatic rings. The van der Waals surface area contributed by atoms with Crippen LogP contribution in [-0.4, -0.2) is 126 Å². The third-order valence-corrected chi connectivity index (χ3v) is 33.1. The van der Waals surface area contributed by atoms with Crippen LogP contribution in [0.1, 0.15) is 115 Å². The number of sulfonamides is 4. The largest absolute Gasteiger partial charge is 0.322 e. The van der Waals surface area contributed by atoms with Gasteiger partial charge in [-0.2, -0.15) is 0 Å². The minimum atomic E-state index is -3.47. The second-order valence-corrected chi connectivity index (χ2v) is 43.2. The highest BCUT2D eigenvalue weighted by Gasteiger charge is 2.32. The molecule has 0 bridgehead atoms. The summed E-state index contributed by atoms with van der Waals surface area (Å²) < 4.78 is 119. The number of aromatic nitrogens is 4. The normalized spacial score (nSPS) is 15.2. The van der Waals surface area contributed by atoms with Gasteiger partial charge in [-0.15, -0.1) is 0 Å². The molecule has 0 aliphatic carbocycles. The molecule has 4 N–H and O–H groups in total. The van der Waals surface area contributed by atoms with Crippen molar-refractivity contribution in [2.24, 2.45) is 0 Å². The minimum absolute atomic E-state index is 0.0399. The number of nitrogens with zero attached hydrogens (tertiary/aromatic N) is 8. The summed E-state index contributed by atoms with van der Waals surface area (Å²) in [5, 5.41) is 20.7. The van der Waals surface area contributed by atoms with Crippen molar-refractivity contribution >= 4 is 176 Å². The maximum atomic E-state index is 14.9. The molecule has 0 radical (unpaired) electrons. The standard InChI is InChI=1S/2C27H24ClN3O3S.C27H24FN3O3S.C27H25N3O3S/c1-18-16-21(31-14-4-5-15-35(31,33)34)9-10-22(18)27(32)30-20-8-11-25(28)24(17-20)26-23-7-3-2-6-19(23)12-13-29-26;2*1-18-8-9-20(16-24(18)26-22-7-3-2-6-19(22)12-13-29-26)30-27(32)23-11-10-21(17-25(23)28)31-14-4-5-15-35(31,33)34;1-19-8-11-22(18-25(19)26-24-7-3-2-6-20(24)14-15-28-26)29-27(31)21-9-12-23(13-10-21)30-16-4-5-17-34(30,32)33/h3*2-3,6-13,16-17H,4-5,14-15H2,1H3,(H,30,32);2-3,6-15,18H,4-5,16-17H2,1H3,(H,29,31). The fraction of sp³-hybridized carbons (Fsp3) is 0.185. The van der Waals surface area contributed by atoms with E-state index in [1.807, 2.05) is 198 Å². The summed E-state index contributed by atoms with van der Waals surface area (Å²) in [7, 11) is -13.4. The van der Waals surface area contributed by atoms with Gasteiger partial charge in [0, 0.05) is 129 Å². The molecule has 0 spiro atoms. The summed E-state index contributed by atoms with van der Waals surface area (Å²) in [6.07, 6.45) is 12.8. The number of anilines is 8. The first kappa shape index (κ1) is 96.4. The number of fused-ring (bicyclic) bond motifs is 4. The lowest BCUT2D eigenvalue weighted by Gasteiger charge is -2.28. The van der Waals surface area contributed by atoms with Crippen LogP contribution >= 0.6 is 23.2 Å². The number of carbonyl (C=O) groups is 4. The number of pyridine rings is 4. The number of carbonyl (C=O) groups excluding carboxylic acids is 4. The average Bonchev–Trinajstić information content (AvgIpc) is 0.793. The van der Waals surface area contributed by atoms with Gasteiger partial charge in [0.2, 0.25) is 40.1 Å². The molecular weight excluding hydrogens is 1880 g/mol. The van der Waals surface area contributed by atoms with Gasteiger partial charge in [0.05, 0.1) is 89.7 Å². The summed E-state index contributed by atoms with van der Waals surface area (Å²) in [5.41, 5.74) is 15.9. The van der Waals surface area contributed by atoms with E-state index in [1.54, 1.807) is 104 Å². The van der Waals surface area contributed by atoms with Gasteiger partial charge in [0.1, 0.15) is 5.82 Å². The van der Waals surface area contributed by atoms with E-state index in [0.29, 0.717) is 120 Å². The molecule has 0 atom stereocenters. The number of rotatable bonds is 16. The molecule has 31 heteroatoms. The van der Waals surface area contributed by atoms with E-state index in [1.165, 1.54) is 29.4 Å². The number of benzene rings is 12. The Hall–Kier alpha value is -14.3. The van der Waals surface area contributed by atoms with Gasteiger partial charge in [-0.05, 0) is 281 Å². The van der Waals surface area contributed by atoms with E-state index < -0.39 is 51.8 Å². The lowest BCUT2D eigenvalue weighted by atomic mass is 9.99. The Morgan fingerprint density at radius 3 is 0.957 bits per heavy atom. The molecule has 0 unspecified atom stereocenters. The van der Waals surface area contributed by atoms with E-state index in [0.717, 1.165) is 130 Å². The van der Waals surface area contributed by atoms with Crippen LogP contribution in [-0.2, 0) is 40.1 Å². The van der Waals surface area contributed by atoms with Crippen molar-refractivity contribution < 1.29 is 57.2 Å². The minimum Gasteiger partial charge on any atom is -0.322 e. The SMILES string of the molecule is Cc1cc(N2CCCCS2(=O)=O)ccc1C(=O)Nc1ccc(Cl)c(-c2nccc3ccccc23)c1.Cc1ccc(NC(=O)c2ccc(N3CCCCS3(=O)=O)cc2)cc1-c1nccc2ccccc12.Cc1ccc(NC(=O)c2ccc(N3CCCCS3(=O)=O)cc2Cl)cc1-c1nccc2ccccc12.Cc1ccc(NC(=O)c2ccc(N3CCCCS3(=O)=O)cc2F)cc1-c1nccc2ccccc12. The zero-order chi connectivity index (χ0) is 97.4. The molecule has 8 heterocycles. The summed E-state index contributed by atoms with van der Waals surface area (Å²) in [6, 6.07) is 82.6. The van der Waals surface area contributed by atoms with Crippen molar-refractivity contribution in [1.82, 2.24) is 19.9 Å². The monoisotopic (exact) mass is 1970 g/mol. The first-order chi connectivity index (χ1) is 66.9. The highest BCUT2D eigenvalue weighted by molar-refractivity contribution is 7.93. The molecule has 706 valence electrons. The van der Waals surface area contributed by atoms with Gasteiger partial charge in [-0.25, -0.2) is 38.1 Å². The van der Waals surface area contributed by atoms with E-state index in [2.05, 4.69) is 47.3 Å². The maximum Gasteiger partial charge on any atom is 0.258 e. The van der Waals surface area contributed by atoms with Crippen LogP contribution in [0.4, 0.5) is 49.9 Å². The predicted octanol–water partition coefficient (Wildman–Crippen LogP) is 23.0. The van der Waals surface area contributed by atoms with E-state index in [-0.39, 0.29) is 62.6 Å². The molecule has 24 nitrogen and oxygen atoms in total. The van der Waals surface area contributed by atoms with Crippen molar-refractivity contribution in [3.63, 3.8) is 0 Å².